The van der Waals surface area contributed by atoms with Crippen LogP contribution in [0.2, 0.25) is 0 Å². The second kappa shape index (κ2) is 3.61. The summed E-state index contributed by atoms with van der Waals surface area (Å²) in [5.74, 6) is 0. The lowest BCUT2D eigenvalue weighted by Gasteiger charge is -2.17. The van der Waals surface area contributed by atoms with Crippen LogP contribution in [0.1, 0.15) is 31.7 Å². The van der Waals surface area contributed by atoms with Gasteiger partial charge in [0.15, 0.2) is 6.10 Å². The molecule has 14 heavy (non-hydrogen) atoms. The molecule has 0 radical (unpaired) electrons. The van der Waals surface area contributed by atoms with Crippen molar-refractivity contribution < 1.29 is 18.3 Å². The quantitative estimate of drug-likeness (QED) is 0.807. The van der Waals surface area contributed by atoms with Crippen LogP contribution < -0.4 is 0 Å². The van der Waals surface area contributed by atoms with Gasteiger partial charge < -0.3 is 5.11 Å². The van der Waals surface area contributed by atoms with Crippen LogP contribution in [-0.2, 0) is 0 Å². The van der Waals surface area contributed by atoms with Gasteiger partial charge in [0, 0.05) is 12.2 Å². The Hall–Kier alpha value is -1.04. The Morgan fingerprint density at radius 3 is 2.43 bits per heavy atom. The fourth-order valence-corrected chi connectivity index (χ4v) is 1.14. The zero-order chi connectivity index (χ0) is 10.9. The molecule has 1 aromatic heterocycles. The standard InChI is InChI=1S/C8H11F3N2O/c1-5(2)13-6(3-4-12-13)7(14)8(9,10)11/h3-5,7,14H,1-2H3/t7-/m1/s1. The van der Waals surface area contributed by atoms with Crippen molar-refractivity contribution in [3.8, 4) is 0 Å². The second-order valence-corrected chi connectivity index (χ2v) is 3.24. The van der Waals surface area contributed by atoms with E-state index in [0.29, 0.717) is 0 Å². The van der Waals surface area contributed by atoms with E-state index in [-0.39, 0.29) is 11.7 Å². The summed E-state index contributed by atoms with van der Waals surface area (Å²) in [6.07, 6.45) is -5.87. The van der Waals surface area contributed by atoms with Crippen LogP contribution in [0.15, 0.2) is 12.3 Å². The molecule has 0 spiro atoms. The number of alkyl halides is 3. The molecular formula is C8H11F3N2O. The summed E-state index contributed by atoms with van der Waals surface area (Å²) in [7, 11) is 0. The molecule has 0 aromatic carbocycles. The van der Waals surface area contributed by atoms with E-state index in [0.717, 1.165) is 10.7 Å². The zero-order valence-electron chi connectivity index (χ0n) is 7.78. The van der Waals surface area contributed by atoms with Gasteiger partial charge in [0.1, 0.15) is 0 Å². The third-order valence-electron chi connectivity index (χ3n) is 1.78. The number of hydrogen-bond donors (Lipinski definition) is 1. The Labute approximate surface area is 79.2 Å². The SMILES string of the molecule is CC(C)n1nccc1[C@@H](O)C(F)(F)F. The molecule has 0 saturated heterocycles. The summed E-state index contributed by atoms with van der Waals surface area (Å²) < 4.78 is 37.6. The molecule has 0 unspecified atom stereocenters. The Morgan fingerprint density at radius 1 is 1.43 bits per heavy atom. The highest BCUT2D eigenvalue weighted by Gasteiger charge is 2.41. The van der Waals surface area contributed by atoms with Crippen molar-refractivity contribution in [1.29, 1.82) is 0 Å². The van der Waals surface area contributed by atoms with Crippen LogP contribution in [0.3, 0.4) is 0 Å². The topological polar surface area (TPSA) is 38.0 Å². The van der Waals surface area contributed by atoms with Gasteiger partial charge in [-0.25, -0.2) is 0 Å². The maximum Gasteiger partial charge on any atom is 0.420 e. The van der Waals surface area contributed by atoms with E-state index < -0.39 is 12.3 Å². The molecule has 0 amide bonds. The average molecular weight is 208 g/mol. The number of nitrogens with zero attached hydrogens (tertiary/aromatic N) is 2. The van der Waals surface area contributed by atoms with E-state index in [1.165, 1.54) is 6.20 Å². The summed E-state index contributed by atoms with van der Waals surface area (Å²) in [6, 6.07) is 0.954. The van der Waals surface area contributed by atoms with E-state index in [1.54, 1.807) is 13.8 Å². The molecule has 6 heteroatoms. The van der Waals surface area contributed by atoms with Gasteiger partial charge in [-0.3, -0.25) is 4.68 Å². The minimum Gasteiger partial charge on any atom is -0.378 e. The van der Waals surface area contributed by atoms with Crippen LogP contribution in [-0.4, -0.2) is 21.1 Å². The minimum atomic E-state index is -4.65. The summed E-state index contributed by atoms with van der Waals surface area (Å²) in [4.78, 5) is 0. The lowest BCUT2D eigenvalue weighted by Crippen LogP contribution is -2.24. The van der Waals surface area contributed by atoms with E-state index in [1.807, 2.05) is 0 Å². The Kier molecular flexibility index (Phi) is 2.84. The Morgan fingerprint density at radius 2 is 2.00 bits per heavy atom. The van der Waals surface area contributed by atoms with Gasteiger partial charge in [0.25, 0.3) is 0 Å². The summed E-state index contributed by atoms with van der Waals surface area (Å²) >= 11 is 0. The molecule has 1 atom stereocenters. The van der Waals surface area contributed by atoms with Crippen molar-refractivity contribution in [1.82, 2.24) is 9.78 Å². The molecule has 1 rings (SSSR count). The fraction of sp³-hybridized carbons (Fsp3) is 0.625. The van der Waals surface area contributed by atoms with Gasteiger partial charge in [-0.15, -0.1) is 0 Å². The molecular weight excluding hydrogens is 197 g/mol. The first-order valence-electron chi connectivity index (χ1n) is 4.12. The van der Waals surface area contributed by atoms with Gasteiger partial charge in [-0.1, -0.05) is 0 Å². The van der Waals surface area contributed by atoms with Crippen molar-refractivity contribution in [2.24, 2.45) is 0 Å². The van der Waals surface area contributed by atoms with Gasteiger partial charge in [-0.2, -0.15) is 18.3 Å². The number of rotatable bonds is 2. The van der Waals surface area contributed by atoms with Crippen LogP contribution in [0.25, 0.3) is 0 Å². The van der Waals surface area contributed by atoms with E-state index >= 15 is 0 Å². The fourth-order valence-electron chi connectivity index (χ4n) is 1.14. The molecule has 3 nitrogen and oxygen atoms in total. The first-order chi connectivity index (χ1) is 6.34. The lowest BCUT2D eigenvalue weighted by molar-refractivity contribution is -0.209. The molecule has 1 heterocycles. The van der Waals surface area contributed by atoms with E-state index in [4.69, 9.17) is 5.11 Å². The number of aliphatic hydroxyl groups excluding tert-OH is 1. The summed E-state index contributed by atoms with van der Waals surface area (Å²) in [5, 5.41) is 12.7. The largest absolute Gasteiger partial charge is 0.420 e. The molecule has 0 aliphatic carbocycles. The molecule has 1 N–H and O–H groups in total. The van der Waals surface area contributed by atoms with Gasteiger partial charge >= 0.3 is 6.18 Å². The van der Waals surface area contributed by atoms with E-state index in [9.17, 15) is 13.2 Å². The first kappa shape index (κ1) is 11.0. The molecule has 1 aromatic rings. The van der Waals surface area contributed by atoms with Crippen molar-refractivity contribution in [3.05, 3.63) is 18.0 Å². The summed E-state index contributed by atoms with van der Waals surface area (Å²) in [6.45, 7) is 3.39. The second-order valence-electron chi connectivity index (χ2n) is 3.24. The number of halogens is 3. The average Bonchev–Trinajstić information content (AvgIpc) is 2.48. The van der Waals surface area contributed by atoms with Crippen LogP contribution in [0.5, 0.6) is 0 Å². The maximum atomic E-state index is 12.2. The zero-order valence-corrected chi connectivity index (χ0v) is 7.78. The Balaban J connectivity index is 3.01. The molecule has 80 valence electrons. The molecule has 0 aliphatic rings. The van der Waals surface area contributed by atoms with Crippen LogP contribution >= 0.6 is 0 Å². The smallest absolute Gasteiger partial charge is 0.378 e. The number of aromatic nitrogens is 2. The van der Waals surface area contributed by atoms with Crippen LogP contribution in [0, 0.1) is 0 Å². The predicted octanol–water partition coefficient (Wildman–Crippen LogP) is 2.06. The van der Waals surface area contributed by atoms with Gasteiger partial charge in [0.2, 0.25) is 0 Å². The predicted molar refractivity (Wildman–Crippen MR) is 43.6 cm³/mol. The highest BCUT2D eigenvalue weighted by molar-refractivity contribution is 5.07. The van der Waals surface area contributed by atoms with Crippen LogP contribution in [0.4, 0.5) is 13.2 Å². The summed E-state index contributed by atoms with van der Waals surface area (Å²) in [5.41, 5.74) is -0.229. The van der Waals surface area contributed by atoms with Crippen molar-refractivity contribution in [2.75, 3.05) is 0 Å². The molecule has 0 saturated carbocycles. The molecule has 0 aliphatic heterocycles. The Bertz CT molecular complexity index is 306. The monoisotopic (exact) mass is 208 g/mol. The number of aliphatic hydroxyl groups is 1. The third-order valence-corrected chi connectivity index (χ3v) is 1.78. The van der Waals surface area contributed by atoms with Gasteiger partial charge in [-0.05, 0) is 19.9 Å². The van der Waals surface area contributed by atoms with Crippen molar-refractivity contribution >= 4 is 0 Å². The maximum absolute atomic E-state index is 12.2. The van der Waals surface area contributed by atoms with Crippen molar-refractivity contribution in [3.63, 3.8) is 0 Å². The van der Waals surface area contributed by atoms with Gasteiger partial charge in [0.05, 0.1) is 5.69 Å². The van der Waals surface area contributed by atoms with E-state index in [2.05, 4.69) is 5.10 Å². The molecule has 0 bridgehead atoms. The number of hydrogen-bond acceptors (Lipinski definition) is 2. The normalized spacial score (nSPS) is 14.8. The third kappa shape index (κ3) is 2.06. The highest BCUT2D eigenvalue weighted by Crippen LogP contribution is 2.32. The molecule has 0 fully saturated rings. The van der Waals surface area contributed by atoms with Crippen molar-refractivity contribution in [2.45, 2.75) is 32.2 Å². The lowest BCUT2D eigenvalue weighted by atomic mass is 10.2. The minimum absolute atomic E-state index is 0.211. The highest BCUT2D eigenvalue weighted by atomic mass is 19.4. The first-order valence-corrected chi connectivity index (χ1v) is 4.12.